The van der Waals surface area contributed by atoms with Crippen molar-refractivity contribution >= 4 is 21.6 Å². The summed E-state index contributed by atoms with van der Waals surface area (Å²) in [7, 11) is -3.82. The summed E-state index contributed by atoms with van der Waals surface area (Å²) in [5.74, 6) is 0.0626. The molecule has 0 unspecified atom stereocenters. The third kappa shape index (κ3) is 3.29. The van der Waals surface area contributed by atoms with Crippen molar-refractivity contribution in [1.29, 1.82) is 5.26 Å². The Kier molecular flexibility index (Phi) is 5.11. The summed E-state index contributed by atoms with van der Waals surface area (Å²) in [5.41, 5.74) is 6.95. The van der Waals surface area contributed by atoms with Crippen LogP contribution in [0.4, 0.5) is 0 Å². The molecule has 2 atom stereocenters. The Morgan fingerprint density at radius 1 is 1.16 bits per heavy atom. The van der Waals surface area contributed by atoms with Gasteiger partial charge in [-0.15, -0.1) is 0 Å². The van der Waals surface area contributed by atoms with E-state index in [0.29, 0.717) is 19.6 Å². The molecule has 1 heterocycles. The summed E-state index contributed by atoms with van der Waals surface area (Å²) >= 11 is 6.00. The van der Waals surface area contributed by atoms with Crippen LogP contribution >= 0.6 is 11.6 Å². The molecule has 130 valence electrons. The largest absolute Gasteiger partial charge is 0.330 e. The maximum atomic E-state index is 13.1. The fourth-order valence-electron chi connectivity index (χ4n) is 3.31. The molecule has 0 spiro atoms. The average molecular weight is 376 g/mol. The van der Waals surface area contributed by atoms with Crippen molar-refractivity contribution in [3.63, 3.8) is 0 Å². The average Bonchev–Trinajstić information content (AvgIpc) is 3.07. The minimum Gasteiger partial charge on any atom is -0.330 e. The van der Waals surface area contributed by atoms with Gasteiger partial charge in [-0.05, 0) is 30.2 Å². The first-order chi connectivity index (χ1) is 12.0. The quantitative estimate of drug-likeness (QED) is 0.889. The number of benzene rings is 2. The van der Waals surface area contributed by atoms with Gasteiger partial charge in [-0.3, -0.25) is 0 Å². The molecular weight excluding hydrogens is 358 g/mol. The van der Waals surface area contributed by atoms with Gasteiger partial charge in [0, 0.05) is 19.0 Å². The van der Waals surface area contributed by atoms with Crippen LogP contribution in [0, 0.1) is 17.2 Å². The zero-order chi connectivity index (χ0) is 18.0. The van der Waals surface area contributed by atoms with Crippen LogP contribution in [-0.2, 0) is 10.0 Å². The van der Waals surface area contributed by atoms with E-state index >= 15 is 0 Å². The summed E-state index contributed by atoms with van der Waals surface area (Å²) in [6, 6.07) is 16.2. The van der Waals surface area contributed by atoms with Crippen LogP contribution in [0.25, 0.3) is 0 Å². The molecule has 3 rings (SSSR count). The van der Waals surface area contributed by atoms with Crippen LogP contribution in [0.1, 0.15) is 17.0 Å². The van der Waals surface area contributed by atoms with E-state index in [4.69, 9.17) is 17.3 Å². The molecule has 1 aliphatic rings. The van der Waals surface area contributed by atoms with Crippen LogP contribution in [0.15, 0.2) is 53.4 Å². The Labute approximate surface area is 152 Å². The highest BCUT2D eigenvalue weighted by molar-refractivity contribution is 7.89. The molecule has 0 aliphatic carbocycles. The van der Waals surface area contributed by atoms with Crippen molar-refractivity contribution in [3.8, 4) is 6.07 Å². The summed E-state index contributed by atoms with van der Waals surface area (Å²) in [6.07, 6.45) is 0. The molecule has 25 heavy (non-hydrogen) atoms. The minimum atomic E-state index is -3.82. The first-order valence-corrected chi connectivity index (χ1v) is 9.74. The van der Waals surface area contributed by atoms with E-state index in [0.717, 1.165) is 5.56 Å². The van der Waals surface area contributed by atoms with E-state index in [-0.39, 0.29) is 27.3 Å². The highest BCUT2D eigenvalue weighted by atomic mass is 35.5. The molecule has 0 bridgehead atoms. The van der Waals surface area contributed by atoms with Crippen LogP contribution < -0.4 is 5.73 Å². The lowest BCUT2D eigenvalue weighted by Crippen LogP contribution is -2.30. The zero-order valence-corrected chi connectivity index (χ0v) is 15.0. The highest BCUT2D eigenvalue weighted by Crippen LogP contribution is 2.36. The molecule has 7 heteroatoms. The molecule has 2 aromatic rings. The number of sulfonamides is 1. The van der Waals surface area contributed by atoms with Crippen molar-refractivity contribution < 1.29 is 8.42 Å². The van der Waals surface area contributed by atoms with Gasteiger partial charge in [-0.2, -0.15) is 9.57 Å². The minimum absolute atomic E-state index is 0.0170. The first-order valence-electron chi connectivity index (χ1n) is 7.92. The number of halogens is 1. The van der Waals surface area contributed by atoms with Crippen LogP contribution in [0.2, 0.25) is 5.02 Å². The fourth-order valence-corrected chi connectivity index (χ4v) is 5.27. The van der Waals surface area contributed by atoms with Gasteiger partial charge >= 0.3 is 0 Å². The Balaban J connectivity index is 1.97. The maximum absolute atomic E-state index is 13.1. The van der Waals surface area contributed by atoms with Crippen molar-refractivity contribution in [2.75, 3.05) is 19.6 Å². The second-order valence-corrected chi connectivity index (χ2v) is 8.37. The second kappa shape index (κ2) is 7.14. The lowest BCUT2D eigenvalue weighted by molar-refractivity contribution is 0.459. The molecule has 0 saturated carbocycles. The summed E-state index contributed by atoms with van der Waals surface area (Å²) in [5, 5.41) is 9.43. The van der Waals surface area contributed by atoms with E-state index in [1.54, 1.807) is 6.07 Å². The van der Waals surface area contributed by atoms with Gasteiger partial charge in [0.05, 0.1) is 10.6 Å². The topological polar surface area (TPSA) is 87.2 Å². The molecule has 1 aliphatic heterocycles. The predicted octanol–water partition coefficient (Wildman–Crippen LogP) is 2.57. The molecular formula is C18H18ClN3O2S. The fraction of sp³-hybridized carbons (Fsp3) is 0.278. The second-order valence-electron chi connectivity index (χ2n) is 6.06. The number of hydrogen-bond donors (Lipinski definition) is 1. The Hall–Kier alpha value is -1.91. The van der Waals surface area contributed by atoms with Gasteiger partial charge < -0.3 is 5.73 Å². The van der Waals surface area contributed by atoms with Crippen LogP contribution in [-0.4, -0.2) is 32.4 Å². The normalized spacial score (nSPS) is 21.2. The Morgan fingerprint density at radius 3 is 2.52 bits per heavy atom. The molecule has 0 amide bonds. The van der Waals surface area contributed by atoms with Gasteiger partial charge in [0.1, 0.15) is 11.0 Å². The summed E-state index contributed by atoms with van der Waals surface area (Å²) < 4.78 is 27.6. The third-order valence-electron chi connectivity index (χ3n) is 4.64. The monoisotopic (exact) mass is 375 g/mol. The number of nitrogens with two attached hydrogens (primary N) is 1. The molecule has 2 N–H and O–H groups in total. The third-order valence-corrected chi connectivity index (χ3v) is 6.83. The van der Waals surface area contributed by atoms with E-state index in [9.17, 15) is 13.7 Å². The lowest BCUT2D eigenvalue weighted by atomic mass is 9.89. The number of nitriles is 1. The predicted molar refractivity (Wildman–Crippen MR) is 96.7 cm³/mol. The van der Waals surface area contributed by atoms with E-state index in [2.05, 4.69) is 0 Å². The maximum Gasteiger partial charge on any atom is 0.244 e. The summed E-state index contributed by atoms with van der Waals surface area (Å²) in [6.45, 7) is 1.06. The van der Waals surface area contributed by atoms with Crippen LogP contribution in [0.5, 0.6) is 0 Å². The highest BCUT2D eigenvalue weighted by Gasteiger charge is 2.40. The Bertz CT molecular complexity index is 910. The molecule has 0 radical (unpaired) electrons. The van der Waals surface area contributed by atoms with E-state index in [1.165, 1.54) is 16.4 Å². The van der Waals surface area contributed by atoms with Crippen molar-refractivity contribution in [2.45, 2.75) is 10.8 Å². The molecule has 1 fully saturated rings. The number of nitrogens with zero attached hydrogens (tertiary/aromatic N) is 2. The molecule has 0 aromatic heterocycles. The van der Waals surface area contributed by atoms with E-state index in [1.807, 2.05) is 36.4 Å². The van der Waals surface area contributed by atoms with Crippen LogP contribution in [0.3, 0.4) is 0 Å². The van der Waals surface area contributed by atoms with Crippen molar-refractivity contribution in [2.24, 2.45) is 11.7 Å². The van der Waals surface area contributed by atoms with Gasteiger partial charge in [0.25, 0.3) is 0 Å². The lowest BCUT2D eigenvalue weighted by Gasteiger charge is -2.18. The van der Waals surface area contributed by atoms with Crippen molar-refractivity contribution in [3.05, 3.63) is 64.7 Å². The number of rotatable bonds is 4. The Morgan fingerprint density at radius 2 is 1.88 bits per heavy atom. The standard InChI is InChI=1S/C18H18ClN3O2S/c19-17-7-4-8-18(15(17)10-21)25(23,24)22-11-14(9-20)16(12-22)13-5-2-1-3-6-13/h1-8,14,16H,9,11-12,20H2/t14-,16+/m1/s1. The smallest absolute Gasteiger partial charge is 0.244 e. The van der Waals surface area contributed by atoms with Gasteiger partial charge in [-0.1, -0.05) is 48.0 Å². The molecule has 1 saturated heterocycles. The van der Waals surface area contributed by atoms with Gasteiger partial charge in [-0.25, -0.2) is 8.42 Å². The van der Waals surface area contributed by atoms with Crippen molar-refractivity contribution in [1.82, 2.24) is 4.31 Å². The van der Waals surface area contributed by atoms with E-state index < -0.39 is 10.0 Å². The van der Waals surface area contributed by atoms with Gasteiger partial charge in [0.2, 0.25) is 10.0 Å². The van der Waals surface area contributed by atoms with Gasteiger partial charge in [0.15, 0.2) is 0 Å². The first kappa shape index (κ1) is 17.9. The molecule has 2 aromatic carbocycles. The SMILES string of the molecule is N#Cc1c(Cl)cccc1S(=O)(=O)N1C[C@@H](CN)[C@H](c2ccccc2)C1. The summed E-state index contributed by atoms with van der Waals surface area (Å²) in [4.78, 5) is -0.0491. The number of hydrogen-bond acceptors (Lipinski definition) is 4. The zero-order valence-electron chi connectivity index (χ0n) is 13.5. The molecule has 5 nitrogen and oxygen atoms in total.